The van der Waals surface area contributed by atoms with Crippen LogP contribution in [0.4, 0.5) is 24.9 Å². The van der Waals surface area contributed by atoms with E-state index in [0.29, 0.717) is 40.4 Å². The first-order valence-electron chi connectivity index (χ1n) is 10.4. The Labute approximate surface area is 191 Å². The summed E-state index contributed by atoms with van der Waals surface area (Å²) in [6.45, 7) is 0.350. The molecule has 178 valence electrons. The van der Waals surface area contributed by atoms with E-state index in [9.17, 15) is 23.4 Å². The van der Waals surface area contributed by atoms with Gasteiger partial charge in [-0.2, -0.15) is 18.2 Å². The Morgan fingerprint density at radius 2 is 2.00 bits per heavy atom. The van der Waals surface area contributed by atoms with Crippen LogP contribution >= 0.6 is 11.3 Å². The average Bonchev–Trinajstić information content (AvgIpc) is 3.33. The van der Waals surface area contributed by atoms with Crippen LogP contribution in [0.3, 0.4) is 0 Å². The quantitative estimate of drug-likeness (QED) is 0.403. The van der Waals surface area contributed by atoms with Crippen LogP contribution in [0.15, 0.2) is 18.2 Å². The lowest BCUT2D eigenvalue weighted by atomic mass is 10.1. The normalized spacial score (nSPS) is 20.9. The minimum Gasteiger partial charge on any atom is -0.497 e. The Hall–Kier alpha value is -2.70. The van der Waals surface area contributed by atoms with E-state index in [4.69, 9.17) is 4.74 Å². The van der Waals surface area contributed by atoms with Gasteiger partial charge in [0.2, 0.25) is 5.95 Å². The van der Waals surface area contributed by atoms with Crippen LogP contribution in [0.5, 0.6) is 5.75 Å². The van der Waals surface area contributed by atoms with Crippen molar-refractivity contribution in [2.75, 3.05) is 30.9 Å². The molecule has 33 heavy (non-hydrogen) atoms. The van der Waals surface area contributed by atoms with Gasteiger partial charge in [0.25, 0.3) is 0 Å². The zero-order chi connectivity index (χ0) is 23.8. The fourth-order valence-corrected chi connectivity index (χ4v) is 4.97. The molecule has 2 heterocycles. The van der Waals surface area contributed by atoms with Crippen molar-refractivity contribution in [3.8, 4) is 16.3 Å². The van der Waals surface area contributed by atoms with E-state index in [1.54, 1.807) is 20.1 Å². The zero-order valence-corrected chi connectivity index (χ0v) is 18.8. The first kappa shape index (κ1) is 23.5. The molecule has 12 heteroatoms. The number of rotatable bonds is 7. The number of hydrogen-bond donors (Lipinski definition) is 4. The van der Waals surface area contributed by atoms with Crippen LogP contribution in [0.2, 0.25) is 0 Å². The number of fused-ring (bicyclic) bond motifs is 1. The summed E-state index contributed by atoms with van der Waals surface area (Å²) in [5, 5.41) is 25.9. The maximum Gasteiger partial charge on any atom is 0.405 e. The number of aliphatic hydroxyl groups is 2. The summed E-state index contributed by atoms with van der Waals surface area (Å²) in [4.78, 5) is 13.2. The van der Waals surface area contributed by atoms with Crippen LogP contribution in [0.25, 0.3) is 20.8 Å². The lowest BCUT2D eigenvalue weighted by molar-refractivity contribution is -0.115. The van der Waals surface area contributed by atoms with Gasteiger partial charge in [0.05, 0.1) is 40.7 Å². The number of methoxy groups -OCH3 is 1. The molecule has 1 aromatic carbocycles. The van der Waals surface area contributed by atoms with Gasteiger partial charge in [0, 0.05) is 12.7 Å². The SMILES string of the molecule is COc1ccc2sc(-c3c(C)nc(NCC(F)(F)F)nc3N[C@@H]3C[C@H](CO)C[C@H]3O)nc2c1. The fourth-order valence-electron chi connectivity index (χ4n) is 3.93. The van der Waals surface area contributed by atoms with Crippen molar-refractivity contribution in [2.45, 2.75) is 38.1 Å². The van der Waals surface area contributed by atoms with E-state index < -0.39 is 24.9 Å². The summed E-state index contributed by atoms with van der Waals surface area (Å²) in [5.74, 6) is 0.689. The van der Waals surface area contributed by atoms with Gasteiger partial charge in [-0.3, -0.25) is 0 Å². The first-order valence-corrected chi connectivity index (χ1v) is 11.2. The van der Waals surface area contributed by atoms with Crippen molar-refractivity contribution >= 4 is 33.3 Å². The molecule has 0 bridgehead atoms. The van der Waals surface area contributed by atoms with E-state index in [-0.39, 0.29) is 24.3 Å². The van der Waals surface area contributed by atoms with Gasteiger partial charge in [-0.05, 0) is 37.8 Å². The highest BCUT2D eigenvalue weighted by molar-refractivity contribution is 7.21. The van der Waals surface area contributed by atoms with E-state index in [1.807, 2.05) is 12.1 Å². The maximum atomic E-state index is 12.7. The number of aryl methyl sites for hydroxylation is 1. The number of anilines is 2. The molecule has 0 saturated heterocycles. The minimum absolute atomic E-state index is 0.0526. The smallest absolute Gasteiger partial charge is 0.405 e. The number of aromatic nitrogens is 3. The molecular formula is C21H24F3N5O3S. The summed E-state index contributed by atoms with van der Waals surface area (Å²) in [6, 6.07) is 5.08. The molecule has 0 aliphatic heterocycles. The van der Waals surface area contributed by atoms with E-state index in [0.717, 1.165) is 4.70 Å². The number of halogens is 3. The number of benzene rings is 1. The third kappa shape index (κ3) is 5.28. The van der Waals surface area contributed by atoms with Gasteiger partial charge in [0.1, 0.15) is 23.1 Å². The molecule has 3 atom stereocenters. The predicted octanol–water partition coefficient (Wildman–Crippen LogP) is 3.59. The predicted molar refractivity (Wildman–Crippen MR) is 120 cm³/mol. The number of thiazole rings is 1. The molecule has 0 radical (unpaired) electrons. The van der Waals surface area contributed by atoms with Crippen molar-refractivity contribution in [1.82, 2.24) is 15.0 Å². The second kappa shape index (κ2) is 9.27. The third-order valence-corrected chi connectivity index (χ3v) is 6.61. The van der Waals surface area contributed by atoms with Crippen LogP contribution in [0, 0.1) is 12.8 Å². The molecule has 0 unspecified atom stereocenters. The second-order valence-electron chi connectivity index (χ2n) is 8.02. The van der Waals surface area contributed by atoms with Crippen molar-refractivity contribution in [3.05, 3.63) is 23.9 Å². The van der Waals surface area contributed by atoms with E-state index in [1.165, 1.54) is 11.3 Å². The summed E-state index contributed by atoms with van der Waals surface area (Å²) in [5.41, 5.74) is 1.70. The van der Waals surface area contributed by atoms with Crippen molar-refractivity contribution in [3.63, 3.8) is 0 Å². The van der Waals surface area contributed by atoms with Gasteiger partial charge in [-0.15, -0.1) is 11.3 Å². The Morgan fingerprint density at radius 3 is 2.67 bits per heavy atom. The van der Waals surface area contributed by atoms with Crippen molar-refractivity contribution < 1.29 is 28.1 Å². The number of nitrogens with zero attached hydrogens (tertiary/aromatic N) is 3. The lowest BCUT2D eigenvalue weighted by Crippen LogP contribution is -2.29. The second-order valence-corrected chi connectivity index (χ2v) is 9.05. The van der Waals surface area contributed by atoms with Gasteiger partial charge >= 0.3 is 6.18 Å². The van der Waals surface area contributed by atoms with Crippen molar-refractivity contribution in [1.29, 1.82) is 0 Å². The highest BCUT2D eigenvalue weighted by atomic mass is 32.1. The molecule has 3 aromatic rings. The number of alkyl halides is 3. The van der Waals surface area contributed by atoms with Crippen LogP contribution < -0.4 is 15.4 Å². The van der Waals surface area contributed by atoms with Crippen molar-refractivity contribution in [2.24, 2.45) is 5.92 Å². The molecule has 4 N–H and O–H groups in total. The molecule has 0 spiro atoms. The van der Waals surface area contributed by atoms with Gasteiger partial charge < -0.3 is 25.6 Å². The summed E-state index contributed by atoms with van der Waals surface area (Å²) in [7, 11) is 1.56. The molecule has 1 aliphatic rings. The van der Waals surface area contributed by atoms with Gasteiger partial charge in [0.15, 0.2) is 0 Å². The Kier molecular flexibility index (Phi) is 6.59. The maximum absolute atomic E-state index is 12.7. The minimum atomic E-state index is -4.42. The number of nitrogens with one attached hydrogen (secondary N) is 2. The molecule has 8 nitrogen and oxygen atoms in total. The monoisotopic (exact) mass is 483 g/mol. The average molecular weight is 484 g/mol. The van der Waals surface area contributed by atoms with Crippen LogP contribution in [-0.4, -0.2) is 63.7 Å². The summed E-state index contributed by atoms with van der Waals surface area (Å²) in [6.07, 6.45) is -4.22. The molecule has 1 aliphatic carbocycles. The molecule has 0 amide bonds. The van der Waals surface area contributed by atoms with Crippen LogP contribution in [-0.2, 0) is 0 Å². The first-order chi connectivity index (χ1) is 15.7. The highest BCUT2D eigenvalue weighted by Gasteiger charge is 2.34. The number of hydrogen-bond acceptors (Lipinski definition) is 9. The topological polar surface area (TPSA) is 112 Å². The molecular weight excluding hydrogens is 459 g/mol. The zero-order valence-electron chi connectivity index (χ0n) is 18.0. The van der Waals surface area contributed by atoms with Gasteiger partial charge in [-0.25, -0.2) is 9.97 Å². The standard InChI is InChI=1S/C21H24F3N5O3S/c1-10-17(19-28-14-7-12(32-2)3-4-16(14)33-19)18(27-13-5-11(8-30)6-15(13)31)29-20(26-10)25-9-21(22,23)24/h3-4,7,11,13,15,30-31H,5-6,8-9H2,1-2H3,(H2,25,26,27,29)/t11-,13+,15+/m0/s1. The molecule has 4 rings (SSSR count). The number of ether oxygens (including phenoxy) is 1. The third-order valence-electron chi connectivity index (χ3n) is 5.55. The van der Waals surface area contributed by atoms with E-state index in [2.05, 4.69) is 25.6 Å². The fraction of sp³-hybridized carbons (Fsp3) is 0.476. The Morgan fingerprint density at radius 1 is 1.21 bits per heavy atom. The summed E-state index contributed by atoms with van der Waals surface area (Å²) < 4.78 is 44.3. The Balaban J connectivity index is 1.74. The Bertz CT molecular complexity index is 1140. The lowest BCUT2D eigenvalue weighted by Gasteiger charge is -2.20. The van der Waals surface area contributed by atoms with Gasteiger partial charge in [-0.1, -0.05) is 0 Å². The molecule has 2 aromatic heterocycles. The summed E-state index contributed by atoms with van der Waals surface area (Å²) >= 11 is 1.40. The highest BCUT2D eigenvalue weighted by Crippen LogP contribution is 2.38. The number of aliphatic hydroxyl groups excluding tert-OH is 2. The largest absolute Gasteiger partial charge is 0.497 e. The molecule has 1 saturated carbocycles. The molecule has 1 fully saturated rings. The van der Waals surface area contributed by atoms with Crippen LogP contribution in [0.1, 0.15) is 18.5 Å². The van der Waals surface area contributed by atoms with E-state index >= 15 is 0 Å².